The molecule has 6 nitrogen and oxygen atoms in total. The van der Waals surface area contributed by atoms with Crippen LogP contribution in [-0.4, -0.2) is 15.5 Å². The van der Waals surface area contributed by atoms with Crippen molar-refractivity contribution in [3.63, 3.8) is 0 Å². The zero-order valence-corrected chi connectivity index (χ0v) is 12.0. The summed E-state index contributed by atoms with van der Waals surface area (Å²) in [6.45, 7) is 0. The standard InChI is InChI=1S/C14H13N3O3S/c1-17-21(18,19)14-6-5-12(8-13(14)16)20-11-4-2-3-10(7-11)9-15/h2-8,17H,16H2,1H3. The van der Waals surface area contributed by atoms with Gasteiger partial charge in [0.05, 0.1) is 17.3 Å². The average molecular weight is 303 g/mol. The van der Waals surface area contributed by atoms with Crippen LogP contribution in [0.1, 0.15) is 5.56 Å². The number of benzene rings is 2. The summed E-state index contributed by atoms with van der Waals surface area (Å²) in [7, 11) is -2.29. The molecule has 0 amide bonds. The number of nitriles is 1. The highest BCUT2D eigenvalue weighted by Gasteiger charge is 2.15. The average Bonchev–Trinajstić information content (AvgIpc) is 2.47. The van der Waals surface area contributed by atoms with E-state index in [2.05, 4.69) is 4.72 Å². The fourth-order valence-electron chi connectivity index (χ4n) is 1.71. The summed E-state index contributed by atoms with van der Waals surface area (Å²) in [5.74, 6) is 0.857. The Bertz CT molecular complexity index is 810. The van der Waals surface area contributed by atoms with Crippen LogP contribution in [0.15, 0.2) is 47.4 Å². The summed E-state index contributed by atoms with van der Waals surface area (Å²) < 4.78 is 31.2. The maximum absolute atomic E-state index is 11.7. The first-order valence-corrected chi connectivity index (χ1v) is 7.45. The molecule has 0 atom stereocenters. The van der Waals surface area contributed by atoms with E-state index >= 15 is 0 Å². The third kappa shape index (κ3) is 3.31. The van der Waals surface area contributed by atoms with Crippen LogP contribution in [0, 0.1) is 11.3 Å². The number of rotatable bonds is 4. The van der Waals surface area contributed by atoms with Crippen molar-refractivity contribution < 1.29 is 13.2 Å². The number of hydrogen-bond donors (Lipinski definition) is 2. The first-order valence-electron chi connectivity index (χ1n) is 5.97. The molecule has 0 bridgehead atoms. The van der Waals surface area contributed by atoms with E-state index in [1.165, 1.54) is 25.2 Å². The maximum atomic E-state index is 11.7. The van der Waals surface area contributed by atoms with Crippen molar-refractivity contribution in [1.82, 2.24) is 4.72 Å². The third-order valence-electron chi connectivity index (χ3n) is 2.74. The van der Waals surface area contributed by atoms with E-state index in [4.69, 9.17) is 15.7 Å². The molecule has 0 aliphatic heterocycles. The van der Waals surface area contributed by atoms with Crippen LogP contribution >= 0.6 is 0 Å². The first-order chi connectivity index (χ1) is 9.96. The largest absolute Gasteiger partial charge is 0.457 e. The molecular formula is C14H13N3O3S. The van der Waals surface area contributed by atoms with Crippen molar-refractivity contribution in [1.29, 1.82) is 5.26 Å². The smallest absolute Gasteiger partial charge is 0.242 e. The van der Waals surface area contributed by atoms with Crippen LogP contribution < -0.4 is 15.2 Å². The summed E-state index contributed by atoms with van der Waals surface area (Å²) in [4.78, 5) is -0.0110. The van der Waals surface area contributed by atoms with Crippen molar-refractivity contribution in [2.75, 3.05) is 12.8 Å². The molecule has 2 rings (SSSR count). The van der Waals surface area contributed by atoms with Gasteiger partial charge in [-0.3, -0.25) is 0 Å². The number of hydrogen-bond acceptors (Lipinski definition) is 5. The van der Waals surface area contributed by atoms with Gasteiger partial charge in [0.1, 0.15) is 16.4 Å². The second-order valence-corrected chi connectivity index (χ2v) is 6.00. The van der Waals surface area contributed by atoms with Gasteiger partial charge in [-0.25, -0.2) is 13.1 Å². The highest BCUT2D eigenvalue weighted by Crippen LogP contribution is 2.27. The number of anilines is 1. The van der Waals surface area contributed by atoms with Gasteiger partial charge in [-0.2, -0.15) is 5.26 Å². The molecule has 0 aliphatic rings. The quantitative estimate of drug-likeness (QED) is 0.838. The minimum Gasteiger partial charge on any atom is -0.457 e. The molecule has 0 radical (unpaired) electrons. The van der Waals surface area contributed by atoms with Crippen molar-refractivity contribution in [3.8, 4) is 17.6 Å². The summed E-state index contributed by atoms with van der Waals surface area (Å²) in [6.07, 6.45) is 0. The predicted molar refractivity (Wildman–Crippen MR) is 78.3 cm³/mol. The van der Waals surface area contributed by atoms with E-state index in [1.807, 2.05) is 6.07 Å². The molecule has 0 saturated carbocycles. The number of nitrogens with two attached hydrogens (primary N) is 1. The number of sulfonamides is 1. The van der Waals surface area contributed by atoms with Gasteiger partial charge in [-0.1, -0.05) is 6.07 Å². The Balaban J connectivity index is 2.31. The molecule has 0 unspecified atom stereocenters. The Morgan fingerprint density at radius 2 is 1.90 bits per heavy atom. The van der Waals surface area contributed by atoms with Crippen molar-refractivity contribution in [3.05, 3.63) is 48.0 Å². The molecule has 2 aromatic rings. The Morgan fingerprint density at radius 3 is 2.52 bits per heavy atom. The molecule has 7 heteroatoms. The van der Waals surface area contributed by atoms with Crippen LogP contribution in [0.3, 0.4) is 0 Å². The van der Waals surface area contributed by atoms with Gasteiger partial charge in [0.2, 0.25) is 10.0 Å². The molecule has 0 spiro atoms. The molecule has 0 aromatic heterocycles. The molecule has 0 aliphatic carbocycles. The van der Waals surface area contributed by atoms with Crippen molar-refractivity contribution in [2.45, 2.75) is 4.90 Å². The molecule has 0 heterocycles. The fourth-order valence-corrected chi connectivity index (χ4v) is 2.55. The lowest BCUT2D eigenvalue weighted by Gasteiger charge is -2.10. The second-order valence-electron chi connectivity index (χ2n) is 4.15. The number of nitrogens with one attached hydrogen (secondary N) is 1. The van der Waals surface area contributed by atoms with Crippen LogP contribution in [0.2, 0.25) is 0 Å². The maximum Gasteiger partial charge on any atom is 0.242 e. The lowest BCUT2D eigenvalue weighted by molar-refractivity contribution is 0.482. The fraction of sp³-hybridized carbons (Fsp3) is 0.0714. The zero-order chi connectivity index (χ0) is 15.5. The van der Waals surface area contributed by atoms with E-state index in [1.54, 1.807) is 24.3 Å². The topological polar surface area (TPSA) is 105 Å². The van der Waals surface area contributed by atoms with Crippen molar-refractivity contribution >= 4 is 15.7 Å². The monoisotopic (exact) mass is 303 g/mol. The molecule has 0 fully saturated rings. The molecule has 108 valence electrons. The lowest BCUT2D eigenvalue weighted by Crippen LogP contribution is -2.19. The summed E-state index contributed by atoms with van der Waals surface area (Å²) in [5, 5.41) is 8.83. The van der Waals surface area contributed by atoms with Crippen LogP contribution in [-0.2, 0) is 10.0 Å². The third-order valence-corrected chi connectivity index (χ3v) is 4.23. The number of ether oxygens (including phenoxy) is 1. The molecule has 2 aromatic carbocycles. The van der Waals surface area contributed by atoms with Gasteiger partial charge in [-0.05, 0) is 37.4 Å². The summed E-state index contributed by atoms with van der Waals surface area (Å²) in [6, 6.07) is 12.9. The van der Waals surface area contributed by atoms with E-state index in [0.29, 0.717) is 17.1 Å². The lowest BCUT2D eigenvalue weighted by atomic mass is 10.2. The summed E-state index contributed by atoms with van der Waals surface area (Å²) >= 11 is 0. The van der Waals surface area contributed by atoms with Gasteiger partial charge >= 0.3 is 0 Å². The molecule has 21 heavy (non-hydrogen) atoms. The Hall–Kier alpha value is -2.56. The van der Waals surface area contributed by atoms with Gasteiger partial charge in [0, 0.05) is 6.07 Å². The van der Waals surface area contributed by atoms with Gasteiger partial charge in [-0.15, -0.1) is 0 Å². The number of nitrogen functional groups attached to an aromatic ring is 1. The summed E-state index contributed by atoms with van der Waals surface area (Å²) in [5.41, 5.74) is 6.29. The van der Waals surface area contributed by atoms with E-state index in [0.717, 1.165) is 0 Å². The van der Waals surface area contributed by atoms with Gasteiger partial charge in [0.25, 0.3) is 0 Å². The zero-order valence-electron chi connectivity index (χ0n) is 11.2. The highest BCUT2D eigenvalue weighted by molar-refractivity contribution is 7.89. The molecular weight excluding hydrogens is 290 g/mol. The Kier molecular flexibility index (Phi) is 4.12. The van der Waals surface area contributed by atoms with E-state index < -0.39 is 10.0 Å². The number of nitrogens with zero attached hydrogens (tertiary/aromatic N) is 1. The highest BCUT2D eigenvalue weighted by atomic mass is 32.2. The SMILES string of the molecule is CNS(=O)(=O)c1ccc(Oc2cccc(C#N)c2)cc1N. The minimum atomic E-state index is -3.60. The Labute approximate surface area is 122 Å². The normalized spacial score (nSPS) is 10.9. The van der Waals surface area contributed by atoms with Crippen LogP contribution in [0.4, 0.5) is 5.69 Å². The Morgan fingerprint density at radius 1 is 1.19 bits per heavy atom. The van der Waals surface area contributed by atoms with Crippen molar-refractivity contribution in [2.24, 2.45) is 0 Å². The first kappa shape index (κ1) is 14.8. The van der Waals surface area contributed by atoms with Gasteiger partial charge < -0.3 is 10.5 Å². The minimum absolute atomic E-state index is 0.0110. The predicted octanol–water partition coefficient (Wildman–Crippen LogP) is 1.84. The van der Waals surface area contributed by atoms with Crippen LogP contribution in [0.25, 0.3) is 0 Å². The van der Waals surface area contributed by atoms with E-state index in [9.17, 15) is 8.42 Å². The van der Waals surface area contributed by atoms with Crippen LogP contribution in [0.5, 0.6) is 11.5 Å². The second kappa shape index (κ2) is 5.83. The van der Waals surface area contributed by atoms with E-state index in [-0.39, 0.29) is 10.6 Å². The van der Waals surface area contributed by atoms with Gasteiger partial charge in [0.15, 0.2) is 0 Å². The molecule has 3 N–H and O–H groups in total. The molecule has 0 saturated heterocycles.